The van der Waals surface area contributed by atoms with Crippen molar-refractivity contribution in [2.45, 2.75) is 45.2 Å². The van der Waals surface area contributed by atoms with Crippen LogP contribution >= 0.6 is 0 Å². The molecule has 2 aromatic rings. The lowest BCUT2D eigenvalue weighted by Crippen LogP contribution is -2.37. The highest BCUT2D eigenvalue weighted by Gasteiger charge is 2.32. The number of rotatable bonds is 6. The van der Waals surface area contributed by atoms with Crippen LogP contribution in [0.25, 0.3) is 0 Å². The van der Waals surface area contributed by atoms with E-state index in [-0.39, 0.29) is 25.6 Å². The number of carboxylic acid groups (broad SMARTS) is 1. The number of nitrogens with one attached hydrogen (secondary N) is 1. The molecule has 0 saturated carbocycles. The molecule has 2 atom stereocenters. The summed E-state index contributed by atoms with van der Waals surface area (Å²) in [4.78, 5) is 43.5. The minimum atomic E-state index is -1.40. The first-order valence-electron chi connectivity index (χ1n) is 12.0. The zero-order valence-corrected chi connectivity index (χ0v) is 20.8. The van der Waals surface area contributed by atoms with Gasteiger partial charge in [0.25, 0.3) is 5.91 Å². The number of amides is 1. The molecule has 15 heteroatoms. The average molecular weight is 567 g/mol. The van der Waals surface area contributed by atoms with Gasteiger partial charge in [-0.25, -0.2) is 4.79 Å². The van der Waals surface area contributed by atoms with Crippen LogP contribution in [0.3, 0.4) is 0 Å². The average Bonchev–Trinajstić information content (AvgIpc) is 3.61. The predicted octanol–water partition coefficient (Wildman–Crippen LogP) is 2.26. The summed E-state index contributed by atoms with van der Waals surface area (Å²) in [5, 5.41) is 69.2. The molecular formula is C25H34N4O11. The highest BCUT2D eigenvalue weighted by atomic mass is 16.6. The molecule has 220 valence electrons. The molecule has 0 aromatic heterocycles. The summed E-state index contributed by atoms with van der Waals surface area (Å²) in [5.74, 6) is -3.33. The number of phenols is 2. The number of aromatic hydroxyl groups is 2. The van der Waals surface area contributed by atoms with Gasteiger partial charge in [0.15, 0.2) is 0 Å². The summed E-state index contributed by atoms with van der Waals surface area (Å²) in [6.45, 7) is 1.72. The Labute approximate surface area is 229 Å². The zero-order valence-electron chi connectivity index (χ0n) is 20.8. The third-order valence-electron chi connectivity index (χ3n) is 6.12. The molecule has 2 aliphatic heterocycles. The lowest BCUT2D eigenvalue weighted by molar-refractivity contribution is -0.386. The number of hydrogen-bond acceptors (Lipinski definition) is 11. The molecule has 2 heterocycles. The molecule has 2 aliphatic rings. The second kappa shape index (κ2) is 15.9. The van der Waals surface area contributed by atoms with Gasteiger partial charge < -0.3 is 35.7 Å². The van der Waals surface area contributed by atoms with Crippen molar-refractivity contribution in [1.29, 1.82) is 0 Å². The van der Waals surface area contributed by atoms with E-state index in [2.05, 4.69) is 5.32 Å². The van der Waals surface area contributed by atoms with Crippen molar-refractivity contribution in [1.82, 2.24) is 10.2 Å². The van der Waals surface area contributed by atoms with Gasteiger partial charge in [-0.15, -0.1) is 0 Å². The number of phenolic OH excluding ortho intramolecular Hbond substituents is 1. The third-order valence-corrected chi connectivity index (χ3v) is 6.12. The Morgan fingerprint density at radius 1 is 0.900 bits per heavy atom. The molecule has 2 saturated heterocycles. The number of nitro groups is 2. The van der Waals surface area contributed by atoms with Gasteiger partial charge in [-0.05, 0) is 44.4 Å². The molecular weight excluding hydrogens is 532 g/mol. The van der Waals surface area contributed by atoms with E-state index in [0.717, 1.165) is 37.6 Å². The van der Waals surface area contributed by atoms with Crippen LogP contribution in [0.1, 0.15) is 53.8 Å². The Morgan fingerprint density at radius 2 is 1.45 bits per heavy atom. The van der Waals surface area contributed by atoms with Crippen LogP contribution in [-0.4, -0.2) is 90.5 Å². The van der Waals surface area contributed by atoms with E-state index in [0.29, 0.717) is 25.6 Å². The van der Waals surface area contributed by atoms with Crippen molar-refractivity contribution in [2.24, 2.45) is 0 Å². The van der Waals surface area contributed by atoms with E-state index in [1.807, 2.05) is 0 Å². The summed E-state index contributed by atoms with van der Waals surface area (Å²) in [6, 6.07) is 7.27. The van der Waals surface area contributed by atoms with Gasteiger partial charge in [-0.1, -0.05) is 19.6 Å². The van der Waals surface area contributed by atoms with Crippen molar-refractivity contribution in [2.75, 3.05) is 26.3 Å². The fourth-order valence-electron chi connectivity index (χ4n) is 4.06. The van der Waals surface area contributed by atoms with E-state index in [1.165, 1.54) is 29.5 Å². The Hall–Kier alpha value is -4.34. The Morgan fingerprint density at radius 3 is 1.88 bits per heavy atom. The molecule has 0 radical (unpaired) electrons. The summed E-state index contributed by atoms with van der Waals surface area (Å²) in [7, 11) is 0. The molecule has 2 aromatic carbocycles. The summed E-state index contributed by atoms with van der Waals surface area (Å²) >= 11 is 0. The van der Waals surface area contributed by atoms with Crippen LogP contribution in [0.15, 0.2) is 36.4 Å². The number of para-hydroxylation sites is 2. The number of aliphatic hydroxyl groups is 2. The minimum Gasteiger partial charge on any atom is -0.502 e. The number of nitro benzene ring substituents is 2. The van der Waals surface area contributed by atoms with Gasteiger partial charge in [0.2, 0.25) is 11.5 Å². The smallest absolute Gasteiger partial charge is 0.339 e. The quantitative estimate of drug-likeness (QED) is 0.218. The summed E-state index contributed by atoms with van der Waals surface area (Å²) < 4.78 is 0. The number of likely N-dealkylation sites (tertiary alicyclic amines) is 1. The highest BCUT2D eigenvalue weighted by Crippen LogP contribution is 2.32. The zero-order chi connectivity index (χ0) is 29.1. The standard InChI is InChI=1S/C12H14N2O5.C7H5NO5.C5H11NO.CH4/c15-7-8-3-2-6-13(8)12(17)9-4-1-5-10(11(9)16)14(18)19;9-6-4(7(10)11)2-1-3-5(6)8(12)13;7-4-5-2-1-3-6-5;/h1,4-5,8,15-16H,2-3,6-7H2;1-3,9H,(H,10,11);5-7H,1-4H2;1H4/t8-;;5-;/m1.1./s1. The van der Waals surface area contributed by atoms with Crippen molar-refractivity contribution in [3.63, 3.8) is 0 Å². The van der Waals surface area contributed by atoms with Crippen molar-refractivity contribution >= 4 is 23.3 Å². The van der Waals surface area contributed by atoms with Gasteiger partial charge in [-0.2, -0.15) is 0 Å². The number of aliphatic hydroxyl groups excluding tert-OH is 2. The molecule has 0 bridgehead atoms. The summed E-state index contributed by atoms with van der Waals surface area (Å²) in [5.41, 5.74) is -1.69. The molecule has 40 heavy (non-hydrogen) atoms. The van der Waals surface area contributed by atoms with Crippen LogP contribution in [0, 0.1) is 20.2 Å². The second-order valence-corrected chi connectivity index (χ2v) is 8.62. The summed E-state index contributed by atoms with van der Waals surface area (Å²) in [6.07, 6.45) is 3.84. The molecule has 4 rings (SSSR count). The number of benzene rings is 2. The van der Waals surface area contributed by atoms with Crippen LogP contribution in [0.4, 0.5) is 11.4 Å². The normalized spacial score (nSPS) is 17.4. The van der Waals surface area contributed by atoms with E-state index < -0.39 is 50.2 Å². The maximum atomic E-state index is 12.2. The molecule has 0 unspecified atom stereocenters. The van der Waals surface area contributed by atoms with Crippen LogP contribution in [-0.2, 0) is 0 Å². The first kappa shape index (κ1) is 33.7. The topological polar surface area (TPSA) is 237 Å². The van der Waals surface area contributed by atoms with Gasteiger partial charge in [0, 0.05) is 24.7 Å². The van der Waals surface area contributed by atoms with E-state index in [4.69, 9.17) is 15.3 Å². The van der Waals surface area contributed by atoms with E-state index >= 15 is 0 Å². The Kier molecular flexibility index (Phi) is 13.4. The van der Waals surface area contributed by atoms with E-state index in [9.17, 15) is 40.0 Å². The fourth-order valence-corrected chi connectivity index (χ4v) is 4.06. The second-order valence-electron chi connectivity index (χ2n) is 8.62. The van der Waals surface area contributed by atoms with E-state index in [1.54, 1.807) is 0 Å². The molecule has 0 aliphatic carbocycles. The first-order valence-corrected chi connectivity index (χ1v) is 12.0. The lowest BCUT2D eigenvalue weighted by atomic mass is 10.1. The number of hydrogen-bond donors (Lipinski definition) is 6. The molecule has 0 spiro atoms. The van der Waals surface area contributed by atoms with Crippen LogP contribution < -0.4 is 5.32 Å². The molecule has 2 fully saturated rings. The molecule has 15 nitrogen and oxygen atoms in total. The SMILES string of the molecule is C.O=C(O)c1cccc([N+](=O)[O-])c1O.O=C(c1cccc([N+](=O)[O-])c1O)N1CCC[C@@H]1CO.OC[C@H]1CCCN1. The van der Waals surface area contributed by atoms with Gasteiger partial charge in [0.05, 0.1) is 34.7 Å². The molecule has 1 amide bonds. The predicted molar refractivity (Wildman–Crippen MR) is 142 cm³/mol. The monoisotopic (exact) mass is 566 g/mol. The maximum absolute atomic E-state index is 12.2. The van der Waals surface area contributed by atoms with Crippen molar-refractivity contribution < 1.29 is 45.0 Å². The number of carboxylic acids is 1. The fraction of sp³-hybridized carbons (Fsp3) is 0.440. The lowest BCUT2D eigenvalue weighted by Gasteiger charge is -2.23. The number of aromatic carboxylic acids is 1. The Balaban J connectivity index is 0.000000329. The third kappa shape index (κ3) is 8.59. The minimum absolute atomic E-state index is 0. The van der Waals surface area contributed by atoms with Crippen LogP contribution in [0.5, 0.6) is 11.5 Å². The van der Waals surface area contributed by atoms with Crippen LogP contribution in [0.2, 0.25) is 0 Å². The first-order chi connectivity index (χ1) is 18.5. The van der Waals surface area contributed by atoms with Gasteiger partial charge in [0.1, 0.15) is 5.56 Å². The van der Waals surface area contributed by atoms with Crippen molar-refractivity contribution in [3.8, 4) is 11.5 Å². The largest absolute Gasteiger partial charge is 0.502 e. The number of carbonyl (C=O) groups excluding carboxylic acids is 1. The number of nitrogens with zero attached hydrogens (tertiary/aromatic N) is 3. The molecule has 6 N–H and O–H groups in total. The van der Waals surface area contributed by atoms with Crippen molar-refractivity contribution in [3.05, 3.63) is 67.8 Å². The van der Waals surface area contributed by atoms with Gasteiger partial charge >= 0.3 is 17.3 Å². The Bertz CT molecular complexity index is 1150. The maximum Gasteiger partial charge on any atom is 0.339 e. The highest BCUT2D eigenvalue weighted by molar-refractivity contribution is 5.98. The number of carbonyl (C=O) groups is 2. The van der Waals surface area contributed by atoms with Gasteiger partial charge in [-0.3, -0.25) is 25.0 Å².